The van der Waals surface area contributed by atoms with Gasteiger partial charge in [0.15, 0.2) is 0 Å². The molecule has 2 fully saturated rings. The number of tetrazole rings is 1. The van der Waals surface area contributed by atoms with Crippen molar-refractivity contribution < 1.29 is 19.0 Å². The third-order valence-corrected chi connectivity index (χ3v) is 9.65. The van der Waals surface area contributed by atoms with Gasteiger partial charge in [-0.2, -0.15) is 5.26 Å². The molecule has 53 heavy (non-hydrogen) atoms. The fourth-order valence-corrected chi connectivity index (χ4v) is 6.35. The summed E-state index contributed by atoms with van der Waals surface area (Å²) >= 11 is 6.59. The van der Waals surface area contributed by atoms with E-state index in [2.05, 4.69) is 56.1 Å². The smallest absolute Gasteiger partial charge is 0.313 e. The van der Waals surface area contributed by atoms with E-state index >= 15 is 0 Å². The highest BCUT2D eigenvalue weighted by molar-refractivity contribution is 6.32. The van der Waals surface area contributed by atoms with Gasteiger partial charge in [-0.25, -0.2) is 9.98 Å². The number of aliphatic imine (C=N–C) groups is 1. The topological polar surface area (TPSA) is 173 Å². The van der Waals surface area contributed by atoms with Gasteiger partial charge in [0.25, 0.3) is 0 Å². The van der Waals surface area contributed by atoms with Crippen molar-refractivity contribution in [3.8, 4) is 6.07 Å². The van der Waals surface area contributed by atoms with Gasteiger partial charge in [-0.3, -0.25) is 4.79 Å². The number of carbonyl (C=O) groups excluding carboxylic acids is 1. The van der Waals surface area contributed by atoms with Gasteiger partial charge >= 0.3 is 5.97 Å². The Morgan fingerprint density at radius 2 is 1.91 bits per heavy atom. The van der Waals surface area contributed by atoms with Crippen LogP contribution in [0.4, 0.5) is 5.82 Å². The summed E-state index contributed by atoms with van der Waals surface area (Å²) < 4.78 is 17.1. The summed E-state index contributed by atoms with van der Waals surface area (Å²) in [6.45, 7) is 19.4. The van der Waals surface area contributed by atoms with Crippen molar-refractivity contribution in [2.45, 2.75) is 118 Å². The number of halogens is 1. The van der Waals surface area contributed by atoms with Crippen molar-refractivity contribution in [1.82, 2.24) is 35.8 Å². The van der Waals surface area contributed by atoms with Crippen molar-refractivity contribution in [2.75, 3.05) is 31.7 Å². The van der Waals surface area contributed by atoms with Crippen LogP contribution in [0.25, 0.3) is 5.57 Å². The second-order valence-electron chi connectivity index (χ2n) is 15.5. The summed E-state index contributed by atoms with van der Waals surface area (Å²) in [6.07, 6.45) is 6.56. The molecule has 0 radical (unpaired) electrons. The van der Waals surface area contributed by atoms with Gasteiger partial charge in [0, 0.05) is 54.4 Å². The molecule has 1 saturated heterocycles. The van der Waals surface area contributed by atoms with Crippen LogP contribution < -0.4 is 16.0 Å². The fraction of sp³-hybridized carbons (Fsp3) is 0.658. The largest absolute Gasteiger partial charge is 0.437 e. The molecule has 1 aliphatic heterocycles. The number of nitriles is 1. The van der Waals surface area contributed by atoms with Crippen LogP contribution in [0, 0.1) is 28.1 Å². The minimum Gasteiger partial charge on any atom is -0.437 e. The first-order valence-electron chi connectivity index (χ1n) is 18.6. The van der Waals surface area contributed by atoms with Crippen molar-refractivity contribution in [1.29, 1.82) is 5.26 Å². The van der Waals surface area contributed by atoms with E-state index in [4.69, 9.17) is 30.8 Å². The Hall–Kier alpha value is -3.90. The van der Waals surface area contributed by atoms with Gasteiger partial charge in [-0.1, -0.05) is 31.5 Å². The number of nitrogens with one attached hydrogen (secondary N) is 3. The number of hydrogen-bond donors (Lipinski definition) is 3. The molecule has 2 aromatic rings. The highest BCUT2D eigenvalue weighted by Gasteiger charge is 2.33. The predicted molar refractivity (Wildman–Crippen MR) is 206 cm³/mol. The zero-order valence-electron chi connectivity index (χ0n) is 32.3. The SMILES string of the molecule is C=N/C(=C\C(=C(/C)Cl)c1cccc(NCC2(C#N)CCOCC2)n1)N[C@H]1CC[C@H](N[C@@H](C)COCc2nnn([C@@H](OC(=O)C(C)(C)C)C(C)C)n2)CC1. The number of esters is 1. The van der Waals surface area contributed by atoms with E-state index in [-0.39, 0.29) is 30.6 Å². The lowest BCUT2D eigenvalue weighted by Crippen LogP contribution is -2.44. The first-order valence-corrected chi connectivity index (χ1v) is 18.9. The average Bonchev–Trinajstić information content (AvgIpc) is 3.60. The summed E-state index contributed by atoms with van der Waals surface area (Å²) in [5.41, 5.74) is 0.353. The van der Waals surface area contributed by atoms with Gasteiger partial charge < -0.3 is 30.2 Å². The number of allylic oxidation sites excluding steroid dienone is 3. The molecule has 290 valence electrons. The Balaban J connectivity index is 1.23. The van der Waals surface area contributed by atoms with Crippen LogP contribution in [0.5, 0.6) is 0 Å². The molecular formula is C38H57ClN10O4. The second-order valence-corrected chi connectivity index (χ2v) is 16.1. The molecule has 2 atom stereocenters. The lowest BCUT2D eigenvalue weighted by Gasteiger charge is -2.32. The minimum absolute atomic E-state index is 0.0330. The van der Waals surface area contributed by atoms with E-state index < -0.39 is 17.1 Å². The molecule has 0 spiro atoms. The fourth-order valence-electron chi connectivity index (χ4n) is 6.20. The van der Waals surface area contributed by atoms with E-state index in [1.807, 2.05) is 65.8 Å². The van der Waals surface area contributed by atoms with Crippen molar-refractivity contribution in [3.05, 3.63) is 46.6 Å². The molecule has 2 aromatic heterocycles. The van der Waals surface area contributed by atoms with Crippen LogP contribution in [0.3, 0.4) is 0 Å². The highest BCUT2D eigenvalue weighted by Crippen LogP contribution is 2.31. The van der Waals surface area contributed by atoms with Crippen LogP contribution in [0.2, 0.25) is 0 Å². The van der Waals surface area contributed by atoms with E-state index in [0.29, 0.717) is 73.4 Å². The monoisotopic (exact) mass is 752 g/mol. The van der Waals surface area contributed by atoms with Crippen LogP contribution >= 0.6 is 11.6 Å². The summed E-state index contributed by atoms with van der Waals surface area (Å²) in [6, 6.07) is 8.95. The molecule has 1 saturated carbocycles. The first kappa shape index (κ1) is 41.9. The third-order valence-electron chi connectivity index (χ3n) is 9.45. The van der Waals surface area contributed by atoms with Crippen LogP contribution in [-0.2, 0) is 25.6 Å². The summed E-state index contributed by atoms with van der Waals surface area (Å²) in [5.74, 6) is 1.40. The second kappa shape index (κ2) is 19.4. The van der Waals surface area contributed by atoms with Gasteiger partial charge in [0.2, 0.25) is 12.1 Å². The quantitative estimate of drug-likeness (QED) is 0.0957. The number of pyridine rings is 1. The van der Waals surface area contributed by atoms with Crippen LogP contribution in [0.15, 0.2) is 40.1 Å². The molecule has 2 aliphatic rings. The average molecular weight is 753 g/mol. The van der Waals surface area contributed by atoms with Crippen molar-refractivity contribution in [3.63, 3.8) is 0 Å². The lowest BCUT2D eigenvalue weighted by molar-refractivity contribution is -0.169. The van der Waals surface area contributed by atoms with Gasteiger partial charge in [-0.05, 0) is 103 Å². The Morgan fingerprint density at radius 1 is 1.21 bits per heavy atom. The summed E-state index contributed by atoms with van der Waals surface area (Å²) in [5, 5.41) is 33.7. The zero-order chi connectivity index (χ0) is 38.6. The van der Waals surface area contributed by atoms with E-state index in [9.17, 15) is 10.1 Å². The minimum atomic E-state index is -0.645. The lowest BCUT2D eigenvalue weighted by atomic mass is 9.82. The summed E-state index contributed by atoms with van der Waals surface area (Å²) in [7, 11) is 0. The third kappa shape index (κ3) is 12.6. The molecule has 0 bridgehead atoms. The first-order chi connectivity index (χ1) is 25.2. The molecular weight excluding hydrogens is 696 g/mol. The van der Waals surface area contributed by atoms with E-state index in [1.54, 1.807) is 0 Å². The van der Waals surface area contributed by atoms with Crippen LogP contribution in [0.1, 0.15) is 105 Å². The normalized spacial score (nSPS) is 20.9. The predicted octanol–water partition coefficient (Wildman–Crippen LogP) is 6.15. The molecule has 3 heterocycles. The maximum absolute atomic E-state index is 12.5. The molecule has 14 nitrogen and oxygen atoms in total. The number of ether oxygens (including phenoxy) is 3. The molecule has 0 unspecified atom stereocenters. The van der Waals surface area contributed by atoms with Gasteiger partial charge in [-0.15, -0.1) is 15.0 Å². The Morgan fingerprint density at radius 3 is 2.53 bits per heavy atom. The molecule has 15 heteroatoms. The van der Waals surface area contributed by atoms with E-state index in [0.717, 1.165) is 31.3 Å². The van der Waals surface area contributed by atoms with E-state index in [1.165, 1.54) is 4.80 Å². The van der Waals surface area contributed by atoms with Gasteiger partial charge in [0.05, 0.1) is 29.2 Å². The Bertz CT molecular complexity index is 1610. The Kier molecular flexibility index (Phi) is 15.3. The molecule has 0 amide bonds. The Labute approximate surface area is 319 Å². The number of carbonyl (C=O) groups is 1. The molecule has 3 N–H and O–H groups in total. The summed E-state index contributed by atoms with van der Waals surface area (Å²) in [4.78, 5) is 22.9. The molecule has 1 aliphatic carbocycles. The zero-order valence-corrected chi connectivity index (χ0v) is 33.1. The maximum atomic E-state index is 12.5. The molecule has 4 rings (SSSR count). The molecule has 0 aromatic carbocycles. The van der Waals surface area contributed by atoms with Gasteiger partial charge in [0.1, 0.15) is 18.2 Å². The number of aromatic nitrogens is 5. The maximum Gasteiger partial charge on any atom is 0.313 e. The van der Waals surface area contributed by atoms with Crippen molar-refractivity contribution >= 4 is 35.7 Å². The standard InChI is InChI=1S/C38H57ClN10O4/c1-25(2)35(53-36(50)37(5,6)7)49-47-34(46-48-49)22-52-21-26(3)43-28-12-14-29(15-13-28)44-33(41-8)20-30(27(4)39)31-10-9-11-32(45-31)42-24-38(23-40)16-18-51-19-17-38/h9-11,20,25-26,28-29,35,43-44H,8,12-19,21-22,24H2,1-7H3,(H,42,45)/b30-27-,33-20+/t26-,28-,29-,35-/m0/s1. The highest BCUT2D eigenvalue weighted by atomic mass is 35.5. The number of anilines is 1. The van der Waals surface area contributed by atoms with Crippen molar-refractivity contribution in [2.24, 2.45) is 21.7 Å². The number of hydrogen-bond acceptors (Lipinski definition) is 13. The van der Waals surface area contributed by atoms with Crippen LogP contribution in [-0.4, -0.2) is 82.4 Å². The number of rotatable bonds is 17. The number of nitrogens with zero attached hydrogens (tertiary/aromatic N) is 7.